The lowest BCUT2D eigenvalue weighted by molar-refractivity contribution is -0.138. The minimum absolute atomic E-state index is 0.140. The van der Waals surface area contributed by atoms with Gasteiger partial charge in [0, 0.05) is 12.7 Å². The van der Waals surface area contributed by atoms with Gasteiger partial charge in [0.15, 0.2) is 6.23 Å². The number of fused-ring (bicyclic) bond motifs is 1. The fourth-order valence-electron chi connectivity index (χ4n) is 4.45. The molecule has 0 fully saturated rings. The molecule has 0 bridgehead atoms. The zero-order chi connectivity index (χ0) is 15.1. The normalized spacial score (nSPS) is 27.9. The number of amides is 1. The lowest BCUT2D eigenvalue weighted by Gasteiger charge is -2.37. The lowest BCUT2D eigenvalue weighted by atomic mass is 9.86. The number of hydrogen-bond donors (Lipinski definition) is 0. The standard InChI is InChI=1S/C19H23NO2/c1-22-19-16-11-5-4-10-15(16)18(21)20(19)17-12-6-8-13-7-2-3-9-14(13)17/h2-3,7,9,17,19H,4-6,8,10-12H2,1H3. The molecule has 0 N–H and O–H groups in total. The molecule has 0 radical (unpaired) electrons. The highest BCUT2D eigenvalue weighted by Gasteiger charge is 2.44. The topological polar surface area (TPSA) is 29.5 Å². The van der Waals surface area contributed by atoms with Gasteiger partial charge in [0.1, 0.15) is 0 Å². The van der Waals surface area contributed by atoms with Gasteiger partial charge < -0.3 is 9.64 Å². The Bertz CT molecular complexity index is 634. The van der Waals surface area contributed by atoms with Crippen LogP contribution in [0.2, 0.25) is 0 Å². The van der Waals surface area contributed by atoms with E-state index >= 15 is 0 Å². The average molecular weight is 297 g/mol. The van der Waals surface area contributed by atoms with Crippen LogP contribution in [-0.4, -0.2) is 24.1 Å². The number of carbonyl (C=O) groups excluding carboxylic acids is 1. The molecule has 4 rings (SSSR count). The minimum atomic E-state index is -0.140. The van der Waals surface area contributed by atoms with E-state index in [0.717, 1.165) is 44.1 Å². The highest BCUT2D eigenvalue weighted by molar-refractivity contribution is 5.98. The molecule has 1 heterocycles. The van der Waals surface area contributed by atoms with Gasteiger partial charge in [-0.2, -0.15) is 0 Å². The second-order valence-electron chi connectivity index (χ2n) is 6.62. The summed E-state index contributed by atoms with van der Waals surface area (Å²) in [6.07, 6.45) is 7.44. The molecule has 1 aromatic carbocycles. The molecule has 3 nitrogen and oxygen atoms in total. The van der Waals surface area contributed by atoms with Crippen LogP contribution < -0.4 is 0 Å². The highest BCUT2D eigenvalue weighted by atomic mass is 16.5. The Kier molecular flexibility index (Phi) is 3.53. The third kappa shape index (κ3) is 2.03. The van der Waals surface area contributed by atoms with E-state index in [4.69, 9.17) is 4.74 Å². The number of benzene rings is 1. The first-order valence-electron chi connectivity index (χ1n) is 8.46. The van der Waals surface area contributed by atoms with Gasteiger partial charge >= 0.3 is 0 Å². The number of nitrogens with zero attached hydrogens (tertiary/aromatic N) is 1. The molecule has 1 amide bonds. The van der Waals surface area contributed by atoms with Gasteiger partial charge in [-0.1, -0.05) is 24.3 Å². The zero-order valence-electron chi connectivity index (χ0n) is 13.2. The molecule has 22 heavy (non-hydrogen) atoms. The average Bonchev–Trinajstić information content (AvgIpc) is 2.87. The van der Waals surface area contributed by atoms with Gasteiger partial charge in [0.2, 0.25) is 0 Å². The zero-order valence-corrected chi connectivity index (χ0v) is 13.2. The first kappa shape index (κ1) is 14.0. The number of aryl methyl sites for hydroxylation is 1. The third-order valence-electron chi connectivity index (χ3n) is 5.45. The van der Waals surface area contributed by atoms with Crippen LogP contribution in [0.5, 0.6) is 0 Å². The molecule has 3 aliphatic rings. The van der Waals surface area contributed by atoms with Crippen molar-refractivity contribution in [3.05, 3.63) is 46.5 Å². The number of carbonyl (C=O) groups is 1. The van der Waals surface area contributed by atoms with Gasteiger partial charge in [-0.3, -0.25) is 4.79 Å². The van der Waals surface area contributed by atoms with E-state index in [9.17, 15) is 4.79 Å². The Morgan fingerprint density at radius 2 is 1.91 bits per heavy atom. The Morgan fingerprint density at radius 1 is 1.09 bits per heavy atom. The van der Waals surface area contributed by atoms with Crippen molar-refractivity contribution in [2.24, 2.45) is 0 Å². The fourth-order valence-corrected chi connectivity index (χ4v) is 4.45. The molecule has 0 spiro atoms. The van der Waals surface area contributed by atoms with Crippen molar-refractivity contribution in [1.29, 1.82) is 0 Å². The summed E-state index contributed by atoms with van der Waals surface area (Å²) in [6, 6.07) is 8.76. The Morgan fingerprint density at radius 3 is 2.77 bits per heavy atom. The van der Waals surface area contributed by atoms with Crippen molar-refractivity contribution >= 4 is 5.91 Å². The van der Waals surface area contributed by atoms with E-state index < -0.39 is 0 Å². The number of hydrogen-bond acceptors (Lipinski definition) is 2. The molecule has 0 aromatic heterocycles. The summed E-state index contributed by atoms with van der Waals surface area (Å²) in [5, 5.41) is 0. The summed E-state index contributed by atoms with van der Waals surface area (Å²) >= 11 is 0. The first-order valence-corrected chi connectivity index (χ1v) is 8.46. The molecule has 2 aliphatic carbocycles. The molecular formula is C19H23NO2. The fraction of sp³-hybridized carbons (Fsp3) is 0.526. The molecule has 2 unspecified atom stereocenters. The predicted molar refractivity (Wildman–Crippen MR) is 85.3 cm³/mol. The maximum absolute atomic E-state index is 13.0. The van der Waals surface area contributed by atoms with Gasteiger partial charge in [0.25, 0.3) is 5.91 Å². The SMILES string of the molecule is COC1C2=C(CCCC2)C(=O)N1C1CCCc2ccccc21. The van der Waals surface area contributed by atoms with Crippen molar-refractivity contribution in [3.63, 3.8) is 0 Å². The summed E-state index contributed by atoms with van der Waals surface area (Å²) < 4.78 is 5.78. The molecular weight excluding hydrogens is 274 g/mol. The van der Waals surface area contributed by atoms with Crippen LogP contribution in [0.4, 0.5) is 0 Å². The highest BCUT2D eigenvalue weighted by Crippen LogP contribution is 2.44. The molecule has 1 aliphatic heterocycles. The van der Waals surface area contributed by atoms with E-state index in [1.165, 1.54) is 23.1 Å². The van der Waals surface area contributed by atoms with Crippen molar-refractivity contribution in [3.8, 4) is 0 Å². The monoisotopic (exact) mass is 297 g/mol. The quantitative estimate of drug-likeness (QED) is 0.832. The molecule has 116 valence electrons. The van der Waals surface area contributed by atoms with Crippen molar-refractivity contribution in [2.45, 2.75) is 57.2 Å². The number of ether oxygens (including phenoxy) is 1. The first-order chi connectivity index (χ1) is 10.8. The van der Waals surface area contributed by atoms with Gasteiger partial charge in [-0.25, -0.2) is 0 Å². The molecule has 0 saturated carbocycles. The van der Waals surface area contributed by atoms with E-state index in [2.05, 4.69) is 24.3 Å². The number of rotatable bonds is 2. The van der Waals surface area contributed by atoms with Crippen LogP contribution in [0.1, 0.15) is 55.7 Å². The van der Waals surface area contributed by atoms with Crippen molar-refractivity contribution in [1.82, 2.24) is 4.90 Å². The second-order valence-corrected chi connectivity index (χ2v) is 6.62. The molecule has 0 saturated heterocycles. The predicted octanol–water partition coefficient (Wildman–Crippen LogP) is 3.75. The summed E-state index contributed by atoms with van der Waals surface area (Å²) in [5.41, 5.74) is 5.01. The molecule has 3 heteroatoms. The van der Waals surface area contributed by atoms with Gasteiger partial charge in [0.05, 0.1) is 6.04 Å². The molecule has 1 aromatic rings. The number of methoxy groups -OCH3 is 1. The molecule has 2 atom stereocenters. The summed E-state index contributed by atoms with van der Waals surface area (Å²) in [5.74, 6) is 0.225. The van der Waals surface area contributed by atoms with Crippen LogP contribution in [0.3, 0.4) is 0 Å². The minimum Gasteiger partial charge on any atom is -0.357 e. The van der Waals surface area contributed by atoms with Crippen LogP contribution in [0.15, 0.2) is 35.4 Å². The maximum Gasteiger partial charge on any atom is 0.252 e. The summed E-state index contributed by atoms with van der Waals surface area (Å²) in [7, 11) is 1.74. The van der Waals surface area contributed by atoms with Crippen LogP contribution in [0.25, 0.3) is 0 Å². The Labute approximate surface area is 132 Å². The van der Waals surface area contributed by atoms with Crippen LogP contribution in [-0.2, 0) is 16.0 Å². The van der Waals surface area contributed by atoms with Crippen LogP contribution in [0, 0.1) is 0 Å². The van der Waals surface area contributed by atoms with E-state index in [0.29, 0.717) is 0 Å². The van der Waals surface area contributed by atoms with Crippen molar-refractivity contribution < 1.29 is 9.53 Å². The smallest absolute Gasteiger partial charge is 0.252 e. The lowest BCUT2D eigenvalue weighted by Crippen LogP contribution is -2.41. The van der Waals surface area contributed by atoms with Crippen molar-refractivity contribution in [2.75, 3.05) is 7.11 Å². The van der Waals surface area contributed by atoms with Gasteiger partial charge in [-0.05, 0) is 61.6 Å². The Hall–Kier alpha value is -1.61. The van der Waals surface area contributed by atoms with Gasteiger partial charge in [-0.15, -0.1) is 0 Å². The summed E-state index contributed by atoms with van der Waals surface area (Å²) in [4.78, 5) is 15.0. The van der Waals surface area contributed by atoms with E-state index in [-0.39, 0.29) is 18.2 Å². The largest absolute Gasteiger partial charge is 0.357 e. The second kappa shape index (κ2) is 5.54. The van der Waals surface area contributed by atoms with Crippen LogP contribution >= 0.6 is 0 Å². The maximum atomic E-state index is 13.0. The van der Waals surface area contributed by atoms with E-state index in [1.54, 1.807) is 7.11 Å². The Balaban J connectivity index is 1.73. The van der Waals surface area contributed by atoms with E-state index in [1.807, 2.05) is 4.90 Å². The summed E-state index contributed by atoms with van der Waals surface area (Å²) in [6.45, 7) is 0. The third-order valence-corrected chi connectivity index (χ3v) is 5.45.